The lowest BCUT2D eigenvalue weighted by Crippen LogP contribution is -2.11. The molecule has 4 heteroatoms. The molecule has 2 N–H and O–H groups in total. The molecule has 0 aliphatic rings. The fraction of sp³-hybridized carbons (Fsp3) is 0.250. The number of benzene rings is 1. The standard InChI is InChI=1S/C12H13FN2O/c13-10-4-1-3-9-11(16)5-8-15(12(9)10)7-2-6-14/h1,3-5,8H,2,6-7,14H2. The van der Waals surface area contributed by atoms with Crippen molar-refractivity contribution in [1.82, 2.24) is 4.57 Å². The van der Waals surface area contributed by atoms with Gasteiger partial charge in [0.2, 0.25) is 0 Å². The number of fused-ring (bicyclic) bond motifs is 1. The molecule has 0 amide bonds. The molecule has 1 heterocycles. The maximum atomic E-state index is 13.7. The first-order valence-electron chi connectivity index (χ1n) is 5.22. The summed E-state index contributed by atoms with van der Waals surface area (Å²) in [5.74, 6) is -0.368. The minimum atomic E-state index is -0.368. The van der Waals surface area contributed by atoms with Crippen LogP contribution in [0, 0.1) is 5.82 Å². The number of nitrogens with zero attached hydrogens (tertiary/aromatic N) is 1. The number of hydrogen-bond donors (Lipinski definition) is 1. The molecular weight excluding hydrogens is 207 g/mol. The predicted octanol–water partition coefficient (Wildman–Crippen LogP) is 1.49. The lowest BCUT2D eigenvalue weighted by molar-refractivity contribution is 0.609. The Morgan fingerprint density at radius 1 is 1.31 bits per heavy atom. The predicted molar refractivity (Wildman–Crippen MR) is 61.8 cm³/mol. The average Bonchev–Trinajstić information content (AvgIpc) is 2.29. The summed E-state index contributed by atoms with van der Waals surface area (Å²) in [5.41, 5.74) is 5.63. The third-order valence-corrected chi connectivity index (χ3v) is 2.55. The molecule has 0 aliphatic heterocycles. The van der Waals surface area contributed by atoms with E-state index in [4.69, 9.17) is 5.73 Å². The number of nitrogens with two attached hydrogens (primary N) is 1. The Kier molecular flexibility index (Phi) is 3.01. The van der Waals surface area contributed by atoms with Crippen molar-refractivity contribution in [3.8, 4) is 0 Å². The number of halogens is 1. The zero-order chi connectivity index (χ0) is 11.5. The maximum absolute atomic E-state index is 13.7. The fourth-order valence-corrected chi connectivity index (χ4v) is 1.78. The van der Waals surface area contributed by atoms with Crippen molar-refractivity contribution in [3.63, 3.8) is 0 Å². The largest absolute Gasteiger partial charge is 0.345 e. The van der Waals surface area contributed by atoms with Crippen LogP contribution in [0.2, 0.25) is 0 Å². The van der Waals surface area contributed by atoms with Crippen LogP contribution in [0.25, 0.3) is 10.9 Å². The molecule has 0 radical (unpaired) electrons. The Morgan fingerprint density at radius 2 is 2.12 bits per heavy atom. The number of aryl methyl sites for hydroxylation is 1. The summed E-state index contributed by atoms with van der Waals surface area (Å²) in [6, 6.07) is 6.01. The van der Waals surface area contributed by atoms with Gasteiger partial charge >= 0.3 is 0 Å². The van der Waals surface area contributed by atoms with Crippen LogP contribution in [-0.4, -0.2) is 11.1 Å². The highest BCUT2D eigenvalue weighted by Crippen LogP contribution is 2.14. The lowest BCUT2D eigenvalue weighted by atomic mass is 10.2. The van der Waals surface area contributed by atoms with Gasteiger partial charge in [-0.3, -0.25) is 4.79 Å². The highest BCUT2D eigenvalue weighted by atomic mass is 19.1. The van der Waals surface area contributed by atoms with Gasteiger partial charge in [0.05, 0.1) is 5.52 Å². The van der Waals surface area contributed by atoms with Crippen molar-refractivity contribution in [2.24, 2.45) is 5.73 Å². The number of rotatable bonds is 3. The SMILES string of the molecule is NCCCn1ccc(=O)c2cccc(F)c21. The van der Waals surface area contributed by atoms with Crippen molar-refractivity contribution in [2.45, 2.75) is 13.0 Å². The van der Waals surface area contributed by atoms with Gasteiger partial charge in [0.15, 0.2) is 5.43 Å². The second-order valence-corrected chi connectivity index (χ2v) is 3.65. The van der Waals surface area contributed by atoms with Gasteiger partial charge < -0.3 is 10.3 Å². The molecule has 3 nitrogen and oxygen atoms in total. The Bertz CT molecular complexity index is 562. The summed E-state index contributed by atoms with van der Waals surface area (Å²) in [5, 5.41) is 0.416. The van der Waals surface area contributed by atoms with Crippen LogP contribution in [0.5, 0.6) is 0 Å². The molecule has 0 aliphatic carbocycles. The molecule has 1 aromatic carbocycles. The van der Waals surface area contributed by atoms with Crippen LogP contribution in [0.3, 0.4) is 0 Å². The zero-order valence-corrected chi connectivity index (χ0v) is 8.82. The molecular formula is C12H13FN2O. The molecule has 0 unspecified atom stereocenters. The van der Waals surface area contributed by atoms with Gasteiger partial charge in [0.1, 0.15) is 5.82 Å². The van der Waals surface area contributed by atoms with E-state index in [-0.39, 0.29) is 11.2 Å². The number of pyridine rings is 1. The van der Waals surface area contributed by atoms with E-state index in [2.05, 4.69) is 0 Å². The molecule has 16 heavy (non-hydrogen) atoms. The van der Waals surface area contributed by atoms with Crippen molar-refractivity contribution in [2.75, 3.05) is 6.54 Å². The van der Waals surface area contributed by atoms with Crippen molar-refractivity contribution >= 4 is 10.9 Å². The fourth-order valence-electron chi connectivity index (χ4n) is 1.78. The van der Waals surface area contributed by atoms with Gasteiger partial charge in [0, 0.05) is 24.2 Å². The van der Waals surface area contributed by atoms with Crippen molar-refractivity contribution < 1.29 is 4.39 Å². The van der Waals surface area contributed by atoms with E-state index in [1.807, 2.05) is 0 Å². The van der Waals surface area contributed by atoms with E-state index in [1.54, 1.807) is 22.9 Å². The highest BCUT2D eigenvalue weighted by Gasteiger charge is 2.06. The average molecular weight is 220 g/mol. The van der Waals surface area contributed by atoms with Gasteiger partial charge in [-0.2, -0.15) is 0 Å². The number of hydrogen-bond acceptors (Lipinski definition) is 2. The number of para-hydroxylation sites is 1. The third-order valence-electron chi connectivity index (χ3n) is 2.55. The molecule has 0 atom stereocenters. The molecule has 0 saturated carbocycles. The highest BCUT2D eigenvalue weighted by molar-refractivity contribution is 5.79. The lowest BCUT2D eigenvalue weighted by Gasteiger charge is -2.10. The molecule has 84 valence electrons. The van der Waals surface area contributed by atoms with Crippen LogP contribution in [0.15, 0.2) is 35.3 Å². The van der Waals surface area contributed by atoms with Gasteiger partial charge in [-0.25, -0.2) is 4.39 Å². The monoisotopic (exact) mass is 220 g/mol. The first kappa shape index (κ1) is 10.8. The molecule has 0 spiro atoms. The molecule has 2 rings (SSSR count). The van der Waals surface area contributed by atoms with Crippen molar-refractivity contribution in [1.29, 1.82) is 0 Å². The summed E-state index contributed by atoms with van der Waals surface area (Å²) in [6.07, 6.45) is 2.37. The summed E-state index contributed by atoms with van der Waals surface area (Å²) in [6.45, 7) is 1.16. The summed E-state index contributed by atoms with van der Waals surface area (Å²) >= 11 is 0. The van der Waals surface area contributed by atoms with E-state index >= 15 is 0 Å². The minimum Gasteiger partial charge on any atom is -0.345 e. The summed E-state index contributed by atoms with van der Waals surface area (Å²) in [7, 11) is 0. The van der Waals surface area contributed by atoms with E-state index in [0.29, 0.717) is 24.0 Å². The second-order valence-electron chi connectivity index (χ2n) is 3.65. The quantitative estimate of drug-likeness (QED) is 0.851. The van der Waals surface area contributed by atoms with Gasteiger partial charge in [-0.05, 0) is 25.1 Å². The van der Waals surface area contributed by atoms with Crippen LogP contribution >= 0.6 is 0 Å². The molecule has 0 bridgehead atoms. The molecule has 0 fully saturated rings. The molecule has 2 aromatic rings. The van der Waals surface area contributed by atoms with Crippen molar-refractivity contribution in [3.05, 3.63) is 46.5 Å². The Labute approximate surface area is 92.3 Å². The maximum Gasteiger partial charge on any atom is 0.189 e. The Hall–Kier alpha value is -1.68. The van der Waals surface area contributed by atoms with Crippen LogP contribution in [0.4, 0.5) is 4.39 Å². The van der Waals surface area contributed by atoms with Gasteiger partial charge in [0.25, 0.3) is 0 Å². The minimum absolute atomic E-state index is 0.154. The second kappa shape index (κ2) is 4.45. The Morgan fingerprint density at radius 3 is 2.88 bits per heavy atom. The van der Waals surface area contributed by atoms with Crippen LogP contribution < -0.4 is 11.2 Å². The summed E-state index contributed by atoms with van der Waals surface area (Å²) < 4.78 is 15.4. The molecule has 1 aromatic heterocycles. The van der Waals surface area contributed by atoms with E-state index < -0.39 is 0 Å². The zero-order valence-electron chi connectivity index (χ0n) is 8.82. The topological polar surface area (TPSA) is 48.0 Å². The van der Waals surface area contributed by atoms with Gasteiger partial charge in [-0.15, -0.1) is 0 Å². The van der Waals surface area contributed by atoms with E-state index in [1.165, 1.54) is 12.1 Å². The third kappa shape index (κ3) is 1.84. The smallest absolute Gasteiger partial charge is 0.189 e. The molecule has 0 saturated heterocycles. The van der Waals surface area contributed by atoms with Crippen LogP contribution in [0.1, 0.15) is 6.42 Å². The Balaban J connectivity index is 2.66. The van der Waals surface area contributed by atoms with Gasteiger partial charge in [-0.1, -0.05) is 6.07 Å². The first-order chi connectivity index (χ1) is 7.74. The first-order valence-corrected chi connectivity index (χ1v) is 5.22. The summed E-state index contributed by atoms with van der Waals surface area (Å²) in [4.78, 5) is 11.6. The van der Waals surface area contributed by atoms with E-state index in [0.717, 1.165) is 6.42 Å². The van der Waals surface area contributed by atoms with E-state index in [9.17, 15) is 9.18 Å². The number of aromatic nitrogens is 1. The van der Waals surface area contributed by atoms with Crippen LogP contribution in [-0.2, 0) is 6.54 Å². The normalized spacial score (nSPS) is 10.9.